The summed E-state index contributed by atoms with van der Waals surface area (Å²) in [5, 5.41) is 11.0. The Kier molecular flexibility index (Phi) is 6.49. The highest BCUT2D eigenvalue weighted by atomic mass is 79.9. The summed E-state index contributed by atoms with van der Waals surface area (Å²) in [6.45, 7) is 3.20. The Morgan fingerprint density at radius 2 is 1.81 bits per heavy atom. The van der Waals surface area contributed by atoms with Crippen molar-refractivity contribution in [1.82, 2.24) is 9.55 Å². The Balaban J connectivity index is 2.41. The topological polar surface area (TPSA) is 149 Å². The van der Waals surface area contributed by atoms with Gasteiger partial charge in [-0.25, -0.2) is 0 Å². The van der Waals surface area contributed by atoms with Gasteiger partial charge in [-0.2, -0.15) is 0 Å². The SMILES string of the molecule is CC(=O)OC[C@@H]1O[C@@H](n2cnc([N+](=O)[O-])c2Br)[C@@H](OC(C)=O)[C@H]1OC(C)=O. The number of nitrogens with zero attached hydrogens (tertiary/aromatic N) is 3. The van der Waals surface area contributed by atoms with Crippen molar-refractivity contribution in [2.45, 2.75) is 45.3 Å². The van der Waals surface area contributed by atoms with Crippen molar-refractivity contribution in [3.63, 3.8) is 0 Å². The molecule has 27 heavy (non-hydrogen) atoms. The van der Waals surface area contributed by atoms with Gasteiger partial charge in [0, 0.05) is 20.8 Å². The van der Waals surface area contributed by atoms with Gasteiger partial charge >= 0.3 is 23.7 Å². The van der Waals surface area contributed by atoms with Crippen LogP contribution in [0.1, 0.15) is 27.0 Å². The molecule has 1 aliphatic heterocycles. The van der Waals surface area contributed by atoms with Gasteiger partial charge in [-0.1, -0.05) is 0 Å². The van der Waals surface area contributed by atoms with E-state index in [4.69, 9.17) is 18.9 Å². The van der Waals surface area contributed by atoms with E-state index in [1.165, 1.54) is 11.5 Å². The maximum absolute atomic E-state index is 11.5. The minimum atomic E-state index is -1.16. The van der Waals surface area contributed by atoms with Crippen molar-refractivity contribution < 1.29 is 38.3 Å². The Hall–Kier alpha value is -2.54. The minimum absolute atomic E-state index is 0.0376. The van der Waals surface area contributed by atoms with Crippen LogP contribution in [0.2, 0.25) is 0 Å². The molecule has 0 radical (unpaired) electrons. The zero-order chi connectivity index (χ0) is 20.3. The van der Waals surface area contributed by atoms with Gasteiger partial charge in [0.15, 0.2) is 23.0 Å². The number of hydrogen-bond donors (Lipinski definition) is 0. The van der Waals surface area contributed by atoms with E-state index in [-0.39, 0.29) is 11.2 Å². The van der Waals surface area contributed by atoms with Crippen LogP contribution in [0.3, 0.4) is 0 Å². The molecule has 1 fully saturated rings. The van der Waals surface area contributed by atoms with Crippen LogP contribution < -0.4 is 0 Å². The smallest absolute Gasteiger partial charge is 0.396 e. The highest BCUT2D eigenvalue weighted by Crippen LogP contribution is 2.38. The standard InChI is InChI=1S/C14H16BrN3O9/c1-6(19)24-4-9-10(25-7(2)20)11(26-8(3)21)14(27-9)17-5-16-13(12(17)15)18(22)23/h5,9-11,14H,4H2,1-3H3/t9-,10-,11-,14+/m0/s1. The molecular formula is C14H16BrN3O9. The Morgan fingerprint density at radius 3 is 2.30 bits per heavy atom. The van der Waals surface area contributed by atoms with E-state index < -0.39 is 53.2 Å². The molecule has 12 nitrogen and oxygen atoms in total. The summed E-state index contributed by atoms with van der Waals surface area (Å²) in [6.07, 6.45) is -3.24. The summed E-state index contributed by atoms with van der Waals surface area (Å²) in [7, 11) is 0. The summed E-state index contributed by atoms with van der Waals surface area (Å²) in [5.41, 5.74) is 0. The van der Waals surface area contributed by atoms with Gasteiger partial charge < -0.3 is 29.1 Å². The number of nitro groups is 1. The second kappa shape index (κ2) is 8.43. The summed E-state index contributed by atoms with van der Waals surface area (Å²) in [5.74, 6) is -2.44. The van der Waals surface area contributed by atoms with Gasteiger partial charge in [-0.3, -0.25) is 19.0 Å². The van der Waals surface area contributed by atoms with Gasteiger partial charge in [0.1, 0.15) is 12.7 Å². The van der Waals surface area contributed by atoms with Gasteiger partial charge in [0.2, 0.25) is 6.33 Å². The number of ether oxygens (including phenoxy) is 4. The van der Waals surface area contributed by atoms with Gasteiger partial charge in [0.05, 0.1) is 0 Å². The van der Waals surface area contributed by atoms with Crippen LogP contribution in [0.5, 0.6) is 0 Å². The second-order valence-electron chi connectivity index (χ2n) is 5.54. The van der Waals surface area contributed by atoms with Gasteiger partial charge in [0.25, 0.3) is 0 Å². The Morgan fingerprint density at radius 1 is 1.22 bits per heavy atom. The normalized spacial score (nSPS) is 24.3. The number of esters is 3. The van der Waals surface area contributed by atoms with E-state index >= 15 is 0 Å². The summed E-state index contributed by atoms with van der Waals surface area (Å²) in [6, 6.07) is 0. The first-order valence-corrected chi connectivity index (χ1v) is 8.41. The first kappa shape index (κ1) is 20.8. The molecule has 0 saturated carbocycles. The van der Waals surface area contributed by atoms with Crippen LogP contribution in [0.15, 0.2) is 10.9 Å². The fourth-order valence-electron chi connectivity index (χ4n) is 2.55. The monoisotopic (exact) mass is 449 g/mol. The van der Waals surface area contributed by atoms with E-state index in [1.807, 2.05) is 0 Å². The summed E-state index contributed by atoms with van der Waals surface area (Å²) in [4.78, 5) is 48.1. The lowest BCUT2D eigenvalue weighted by Crippen LogP contribution is -2.40. The predicted octanol–water partition coefficient (Wildman–Crippen LogP) is 0.878. The van der Waals surface area contributed by atoms with Crippen molar-refractivity contribution in [3.8, 4) is 0 Å². The molecule has 1 aromatic heterocycles. The molecule has 1 aliphatic rings. The highest BCUT2D eigenvalue weighted by Gasteiger charge is 2.51. The van der Waals surface area contributed by atoms with Crippen molar-refractivity contribution in [2.75, 3.05) is 6.61 Å². The third-order valence-electron chi connectivity index (χ3n) is 3.50. The first-order valence-electron chi connectivity index (χ1n) is 7.61. The fraction of sp³-hybridized carbons (Fsp3) is 0.571. The van der Waals surface area contributed by atoms with Crippen LogP contribution in [0, 0.1) is 10.1 Å². The molecule has 1 saturated heterocycles. The third-order valence-corrected chi connectivity index (χ3v) is 4.27. The average Bonchev–Trinajstić information content (AvgIpc) is 3.06. The number of imidazole rings is 1. The van der Waals surface area contributed by atoms with Crippen LogP contribution in [0.4, 0.5) is 5.82 Å². The Bertz CT molecular complexity index is 765. The fourth-order valence-corrected chi connectivity index (χ4v) is 3.09. The number of carbonyl (C=O) groups is 3. The molecule has 0 amide bonds. The lowest BCUT2D eigenvalue weighted by molar-refractivity contribution is -0.390. The molecule has 1 aromatic rings. The molecule has 0 spiro atoms. The first-order chi connectivity index (χ1) is 12.6. The van der Waals surface area contributed by atoms with E-state index in [0.29, 0.717) is 0 Å². The average molecular weight is 450 g/mol. The van der Waals surface area contributed by atoms with Gasteiger partial charge in [-0.15, -0.1) is 0 Å². The molecule has 2 heterocycles. The summed E-state index contributed by atoms with van der Waals surface area (Å²) < 4.78 is 22.3. The quantitative estimate of drug-likeness (QED) is 0.265. The van der Waals surface area contributed by atoms with Crippen LogP contribution >= 0.6 is 15.9 Å². The van der Waals surface area contributed by atoms with Crippen LogP contribution in [-0.4, -0.2) is 57.3 Å². The van der Waals surface area contributed by atoms with Crippen LogP contribution in [-0.2, 0) is 33.3 Å². The van der Waals surface area contributed by atoms with Crippen molar-refractivity contribution in [1.29, 1.82) is 0 Å². The van der Waals surface area contributed by atoms with E-state index in [0.717, 1.165) is 20.2 Å². The van der Waals surface area contributed by atoms with Crippen molar-refractivity contribution in [3.05, 3.63) is 21.0 Å². The van der Waals surface area contributed by atoms with E-state index in [2.05, 4.69) is 20.9 Å². The number of halogens is 1. The third kappa shape index (κ3) is 4.80. The molecule has 0 aromatic carbocycles. The lowest BCUT2D eigenvalue weighted by atomic mass is 10.1. The van der Waals surface area contributed by atoms with E-state index in [9.17, 15) is 24.5 Å². The molecule has 13 heteroatoms. The molecule has 0 unspecified atom stereocenters. The largest absolute Gasteiger partial charge is 0.463 e. The van der Waals surface area contributed by atoms with E-state index in [1.54, 1.807) is 0 Å². The second-order valence-corrected chi connectivity index (χ2v) is 6.29. The molecular weight excluding hydrogens is 434 g/mol. The molecule has 2 rings (SSSR count). The zero-order valence-corrected chi connectivity index (χ0v) is 16.1. The Labute approximate surface area is 161 Å². The zero-order valence-electron chi connectivity index (χ0n) is 14.5. The number of hydrogen-bond acceptors (Lipinski definition) is 10. The van der Waals surface area contributed by atoms with Crippen LogP contribution in [0.25, 0.3) is 0 Å². The lowest BCUT2D eigenvalue weighted by Gasteiger charge is -2.23. The number of rotatable bonds is 6. The molecule has 148 valence electrons. The summed E-state index contributed by atoms with van der Waals surface area (Å²) >= 11 is 3.05. The minimum Gasteiger partial charge on any atom is -0.463 e. The predicted molar refractivity (Wildman–Crippen MR) is 88.2 cm³/mol. The van der Waals surface area contributed by atoms with Gasteiger partial charge in [-0.05, 0) is 25.8 Å². The molecule has 4 atom stereocenters. The maximum Gasteiger partial charge on any atom is 0.396 e. The molecule has 0 aliphatic carbocycles. The maximum atomic E-state index is 11.5. The molecule has 0 N–H and O–H groups in total. The van der Waals surface area contributed by atoms with Crippen molar-refractivity contribution >= 4 is 39.7 Å². The number of aromatic nitrogens is 2. The van der Waals surface area contributed by atoms with Crippen molar-refractivity contribution in [2.24, 2.45) is 0 Å². The molecule has 0 bridgehead atoms. The highest BCUT2D eigenvalue weighted by molar-refractivity contribution is 9.10. The number of carbonyl (C=O) groups excluding carboxylic acids is 3.